The van der Waals surface area contributed by atoms with Crippen LogP contribution in [-0.2, 0) is 16.0 Å². The molecule has 104 valence electrons. The fraction of sp³-hybridized carbons (Fsp3) is 0.588. The van der Waals surface area contributed by atoms with E-state index in [4.69, 9.17) is 4.74 Å². The topological polar surface area (TPSA) is 26.3 Å². The number of ether oxygens (including phenoxy) is 1. The second-order valence-corrected chi connectivity index (χ2v) is 5.47. The average molecular weight is 260 g/mol. The van der Waals surface area contributed by atoms with Gasteiger partial charge in [0.2, 0.25) is 0 Å². The van der Waals surface area contributed by atoms with Gasteiger partial charge >= 0.3 is 0 Å². The van der Waals surface area contributed by atoms with Crippen molar-refractivity contribution in [3.8, 4) is 0 Å². The van der Waals surface area contributed by atoms with Gasteiger partial charge in [-0.05, 0) is 42.7 Å². The number of carbonyl (C=O) groups excluding carboxylic acids is 1. The minimum atomic E-state index is -0.209. The number of rotatable bonds is 6. The van der Waals surface area contributed by atoms with Crippen molar-refractivity contribution in [1.29, 1.82) is 0 Å². The van der Waals surface area contributed by atoms with Gasteiger partial charge in [0.05, 0.1) is 0 Å². The Balaban J connectivity index is 2.06. The van der Waals surface area contributed by atoms with E-state index in [1.54, 1.807) is 7.11 Å². The quantitative estimate of drug-likeness (QED) is 0.776. The summed E-state index contributed by atoms with van der Waals surface area (Å²) < 4.78 is 5.33. The van der Waals surface area contributed by atoms with E-state index in [-0.39, 0.29) is 11.9 Å². The summed E-state index contributed by atoms with van der Waals surface area (Å²) in [6, 6.07) is 8.57. The highest BCUT2D eigenvalue weighted by molar-refractivity contribution is 5.83. The third-order valence-electron chi connectivity index (χ3n) is 4.14. The highest BCUT2D eigenvalue weighted by Gasteiger charge is 2.25. The molecule has 0 aromatic heterocycles. The molecule has 2 rings (SSSR count). The van der Waals surface area contributed by atoms with Gasteiger partial charge in [-0.3, -0.25) is 4.79 Å². The highest BCUT2D eigenvalue weighted by atomic mass is 16.5. The van der Waals surface area contributed by atoms with Crippen LogP contribution in [0.15, 0.2) is 24.3 Å². The fourth-order valence-electron chi connectivity index (χ4n) is 3.11. The van der Waals surface area contributed by atoms with Gasteiger partial charge in [-0.15, -0.1) is 0 Å². The number of Topliss-reactive ketones (excluding diaryl/α,β-unsaturated/α-hetero) is 1. The second kappa shape index (κ2) is 6.85. The summed E-state index contributed by atoms with van der Waals surface area (Å²) in [7, 11) is 1.65. The highest BCUT2D eigenvalue weighted by Crippen LogP contribution is 2.34. The first kappa shape index (κ1) is 14.3. The number of ketones is 1. The molecule has 2 heteroatoms. The Bertz CT molecular complexity index is 425. The number of hydrogen-bond acceptors (Lipinski definition) is 2. The van der Waals surface area contributed by atoms with Crippen LogP contribution in [0.4, 0.5) is 0 Å². The van der Waals surface area contributed by atoms with Crippen LogP contribution >= 0.6 is 0 Å². The fourth-order valence-corrected chi connectivity index (χ4v) is 3.11. The lowest BCUT2D eigenvalue weighted by atomic mass is 9.79. The SMILES string of the molecule is CCCC(OC)C(=O)CC1CCCc2ccccc21. The normalized spacial score (nSPS) is 19.8. The van der Waals surface area contributed by atoms with E-state index in [1.807, 2.05) is 0 Å². The zero-order valence-corrected chi connectivity index (χ0v) is 12.0. The molecule has 0 fully saturated rings. The maximum atomic E-state index is 12.3. The standard InChI is InChI=1S/C17H24O2/c1-3-7-17(19-2)16(18)12-14-10-6-9-13-8-4-5-11-15(13)14/h4-5,8,11,14,17H,3,6-7,9-10,12H2,1-2H3. The van der Waals surface area contributed by atoms with Crippen LogP contribution in [0, 0.1) is 0 Å². The number of methoxy groups -OCH3 is 1. The first-order valence-corrected chi connectivity index (χ1v) is 7.39. The van der Waals surface area contributed by atoms with Gasteiger partial charge in [0, 0.05) is 13.5 Å². The van der Waals surface area contributed by atoms with Gasteiger partial charge in [-0.2, -0.15) is 0 Å². The van der Waals surface area contributed by atoms with Crippen molar-refractivity contribution < 1.29 is 9.53 Å². The summed E-state index contributed by atoms with van der Waals surface area (Å²) in [6.45, 7) is 2.09. The van der Waals surface area contributed by atoms with Crippen molar-refractivity contribution >= 4 is 5.78 Å². The Labute approximate surface area is 116 Å². The molecular weight excluding hydrogens is 236 g/mol. The van der Waals surface area contributed by atoms with Crippen LogP contribution in [0.3, 0.4) is 0 Å². The maximum absolute atomic E-state index is 12.3. The van der Waals surface area contributed by atoms with E-state index in [9.17, 15) is 4.79 Å². The molecule has 0 bridgehead atoms. The van der Waals surface area contributed by atoms with Crippen LogP contribution in [0.25, 0.3) is 0 Å². The van der Waals surface area contributed by atoms with Gasteiger partial charge in [0.25, 0.3) is 0 Å². The van der Waals surface area contributed by atoms with Crippen LogP contribution < -0.4 is 0 Å². The lowest BCUT2D eigenvalue weighted by molar-refractivity contribution is -0.129. The summed E-state index contributed by atoms with van der Waals surface area (Å²) >= 11 is 0. The second-order valence-electron chi connectivity index (χ2n) is 5.47. The predicted octanol–water partition coefficient (Wildman–Crippen LogP) is 3.88. The third-order valence-corrected chi connectivity index (χ3v) is 4.14. The molecule has 1 aliphatic rings. The Morgan fingerprint density at radius 1 is 1.42 bits per heavy atom. The number of hydrogen-bond donors (Lipinski definition) is 0. The van der Waals surface area contributed by atoms with E-state index in [0.29, 0.717) is 12.3 Å². The van der Waals surface area contributed by atoms with Crippen LogP contribution in [0.5, 0.6) is 0 Å². The monoisotopic (exact) mass is 260 g/mol. The van der Waals surface area contributed by atoms with E-state index < -0.39 is 0 Å². The number of fused-ring (bicyclic) bond motifs is 1. The molecule has 1 aliphatic carbocycles. The molecule has 1 aromatic rings. The van der Waals surface area contributed by atoms with Gasteiger partial charge in [-0.1, -0.05) is 37.6 Å². The average Bonchev–Trinajstić information content (AvgIpc) is 2.45. The van der Waals surface area contributed by atoms with Gasteiger partial charge < -0.3 is 4.74 Å². The zero-order valence-electron chi connectivity index (χ0n) is 12.0. The zero-order chi connectivity index (χ0) is 13.7. The Kier molecular flexibility index (Phi) is 5.15. The summed E-state index contributed by atoms with van der Waals surface area (Å²) in [6.07, 6.45) is 5.74. The number of benzene rings is 1. The number of aryl methyl sites for hydroxylation is 1. The Morgan fingerprint density at radius 2 is 2.21 bits per heavy atom. The smallest absolute Gasteiger partial charge is 0.162 e. The van der Waals surface area contributed by atoms with Crippen molar-refractivity contribution in [2.75, 3.05) is 7.11 Å². The molecule has 2 nitrogen and oxygen atoms in total. The molecule has 0 saturated carbocycles. The Hall–Kier alpha value is -1.15. The summed E-state index contributed by atoms with van der Waals surface area (Å²) in [4.78, 5) is 12.3. The molecule has 0 aliphatic heterocycles. The number of carbonyl (C=O) groups is 1. The van der Waals surface area contributed by atoms with Crippen molar-refractivity contribution in [2.24, 2.45) is 0 Å². The molecule has 0 heterocycles. The van der Waals surface area contributed by atoms with Crippen LogP contribution in [0.1, 0.15) is 56.1 Å². The van der Waals surface area contributed by atoms with Crippen LogP contribution in [-0.4, -0.2) is 19.0 Å². The lowest BCUT2D eigenvalue weighted by Gasteiger charge is -2.26. The maximum Gasteiger partial charge on any atom is 0.162 e. The first-order chi connectivity index (χ1) is 9.26. The van der Waals surface area contributed by atoms with Gasteiger partial charge in [0.15, 0.2) is 5.78 Å². The summed E-state index contributed by atoms with van der Waals surface area (Å²) in [5.41, 5.74) is 2.81. The van der Waals surface area contributed by atoms with E-state index in [2.05, 4.69) is 31.2 Å². The summed E-state index contributed by atoms with van der Waals surface area (Å²) in [5.74, 6) is 0.665. The van der Waals surface area contributed by atoms with Gasteiger partial charge in [0.1, 0.15) is 6.10 Å². The van der Waals surface area contributed by atoms with Crippen molar-refractivity contribution in [3.63, 3.8) is 0 Å². The predicted molar refractivity (Wildman–Crippen MR) is 77.5 cm³/mol. The van der Waals surface area contributed by atoms with Crippen molar-refractivity contribution in [2.45, 2.75) is 57.5 Å². The van der Waals surface area contributed by atoms with E-state index in [0.717, 1.165) is 25.7 Å². The molecule has 19 heavy (non-hydrogen) atoms. The molecule has 0 saturated heterocycles. The van der Waals surface area contributed by atoms with E-state index in [1.165, 1.54) is 17.5 Å². The molecular formula is C17H24O2. The molecule has 0 amide bonds. The molecule has 0 N–H and O–H groups in total. The summed E-state index contributed by atoms with van der Waals surface area (Å²) in [5, 5.41) is 0. The molecule has 1 aromatic carbocycles. The molecule has 0 spiro atoms. The van der Waals surface area contributed by atoms with Crippen molar-refractivity contribution in [1.82, 2.24) is 0 Å². The van der Waals surface area contributed by atoms with E-state index >= 15 is 0 Å². The van der Waals surface area contributed by atoms with Crippen LogP contribution in [0.2, 0.25) is 0 Å². The molecule has 0 radical (unpaired) electrons. The molecule has 2 unspecified atom stereocenters. The van der Waals surface area contributed by atoms with Crippen molar-refractivity contribution in [3.05, 3.63) is 35.4 Å². The largest absolute Gasteiger partial charge is 0.374 e. The minimum Gasteiger partial charge on any atom is -0.374 e. The van der Waals surface area contributed by atoms with Gasteiger partial charge in [-0.25, -0.2) is 0 Å². The lowest BCUT2D eigenvalue weighted by Crippen LogP contribution is -2.25. The third kappa shape index (κ3) is 3.44. The minimum absolute atomic E-state index is 0.209. The Morgan fingerprint density at radius 3 is 2.95 bits per heavy atom. The first-order valence-electron chi connectivity index (χ1n) is 7.39. The molecule has 2 atom stereocenters.